The molecule has 1 aromatic rings. The molecule has 0 radical (unpaired) electrons. The Morgan fingerprint density at radius 1 is 1.15 bits per heavy atom. The lowest BCUT2D eigenvalue weighted by Gasteiger charge is -2.29. The highest BCUT2D eigenvalue weighted by Crippen LogP contribution is 2.23. The second kappa shape index (κ2) is 13.2. The minimum atomic E-state index is -1.51. The van der Waals surface area contributed by atoms with Crippen LogP contribution in [0.15, 0.2) is 30.3 Å². The zero-order valence-electron chi connectivity index (χ0n) is 19.9. The Labute approximate surface area is 203 Å². The van der Waals surface area contributed by atoms with Gasteiger partial charge >= 0.3 is 12.1 Å². The van der Waals surface area contributed by atoms with Crippen molar-refractivity contribution in [1.82, 2.24) is 15.5 Å². The van der Waals surface area contributed by atoms with Crippen molar-refractivity contribution in [3.8, 4) is 0 Å². The summed E-state index contributed by atoms with van der Waals surface area (Å²) in [4.78, 5) is 51.3. The molecule has 0 saturated carbocycles. The van der Waals surface area contributed by atoms with Gasteiger partial charge in [-0.2, -0.15) is 0 Å². The Balaban J connectivity index is 1.94. The smallest absolute Gasteiger partial charge is 0.408 e. The van der Waals surface area contributed by atoms with Crippen LogP contribution in [-0.2, 0) is 30.5 Å². The van der Waals surface area contributed by atoms with Gasteiger partial charge in [-0.1, -0.05) is 44.2 Å². The molecule has 1 aromatic carbocycles. The van der Waals surface area contributed by atoms with Crippen molar-refractivity contribution in [1.29, 1.82) is 0 Å². The molecule has 3 N–H and O–H groups in total. The number of aliphatic hydroxyl groups is 1. The van der Waals surface area contributed by atoms with Gasteiger partial charge in [0.15, 0.2) is 6.10 Å². The Bertz CT molecular complexity index is 850. The number of rotatable bonds is 10. The van der Waals surface area contributed by atoms with Crippen LogP contribution in [0.2, 0.25) is 0 Å². The summed E-state index contributed by atoms with van der Waals surface area (Å²) in [7, 11) is 0. The highest BCUT2D eigenvalue weighted by Gasteiger charge is 2.39. The average Bonchev–Trinajstić information content (AvgIpc) is 3.29. The van der Waals surface area contributed by atoms with Crippen molar-refractivity contribution in [2.75, 3.05) is 18.2 Å². The predicted octanol–water partition coefficient (Wildman–Crippen LogP) is 1.27. The number of hydrogen-bond acceptors (Lipinski definition) is 8. The summed E-state index contributed by atoms with van der Waals surface area (Å²) in [6.45, 7) is 6.62. The van der Waals surface area contributed by atoms with E-state index in [1.54, 1.807) is 27.7 Å². The molecule has 11 heteroatoms. The molecule has 34 heavy (non-hydrogen) atoms. The second-order valence-electron chi connectivity index (χ2n) is 8.50. The molecule has 1 aliphatic heterocycles. The van der Waals surface area contributed by atoms with E-state index < -0.39 is 48.2 Å². The lowest BCUT2D eigenvalue weighted by molar-refractivity contribution is -0.157. The van der Waals surface area contributed by atoms with E-state index in [-0.39, 0.29) is 24.9 Å². The molecule has 3 amide bonds. The molecular formula is C23H33N3O7S. The number of benzene rings is 1. The lowest BCUT2D eigenvalue weighted by atomic mass is 10.0. The van der Waals surface area contributed by atoms with Gasteiger partial charge < -0.3 is 30.1 Å². The normalized spacial score (nSPS) is 17.3. The Morgan fingerprint density at radius 3 is 2.44 bits per heavy atom. The van der Waals surface area contributed by atoms with E-state index >= 15 is 0 Å². The number of amides is 3. The summed E-state index contributed by atoms with van der Waals surface area (Å²) >= 11 is 1.40. The number of carbonyl (C=O) groups is 4. The van der Waals surface area contributed by atoms with Gasteiger partial charge in [0, 0.05) is 5.75 Å². The van der Waals surface area contributed by atoms with Crippen molar-refractivity contribution < 1.29 is 33.8 Å². The number of thioether (sulfide) groups is 1. The molecule has 1 saturated heterocycles. The summed E-state index contributed by atoms with van der Waals surface area (Å²) in [5.41, 5.74) is 0.817. The van der Waals surface area contributed by atoms with E-state index in [1.165, 1.54) is 16.7 Å². The van der Waals surface area contributed by atoms with Crippen LogP contribution in [0.1, 0.15) is 33.3 Å². The SMILES string of the molecule is CC(C)OC(=O)C(O)CNC(=O)[C@@H]1CSCN1C(=O)C(NC(=O)OCc1ccccc1)C(C)C. The fourth-order valence-corrected chi connectivity index (χ4v) is 4.33. The fraction of sp³-hybridized carbons (Fsp3) is 0.565. The molecular weight excluding hydrogens is 462 g/mol. The van der Waals surface area contributed by atoms with E-state index in [2.05, 4.69) is 10.6 Å². The van der Waals surface area contributed by atoms with Crippen LogP contribution in [0.4, 0.5) is 4.79 Å². The summed E-state index contributed by atoms with van der Waals surface area (Å²) in [5, 5.41) is 15.0. The Morgan fingerprint density at radius 2 is 1.82 bits per heavy atom. The molecule has 0 spiro atoms. The first-order chi connectivity index (χ1) is 16.1. The first-order valence-electron chi connectivity index (χ1n) is 11.1. The van der Waals surface area contributed by atoms with Crippen molar-refractivity contribution in [3.05, 3.63) is 35.9 Å². The number of nitrogens with zero attached hydrogens (tertiary/aromatic N) is 1. The van der Waals surface area contributed by atoms with Gasteiger partial charge in [-0.15, -0.1) is 11.8 Å². The standard InChI is InChI=1S/C23H33N3O7S/c1-14(2)19(25-23(31)32-11-16-8-6-5-7-9-16)21(29)26-13-34-12-17(26)20(28)24-10-18(27)22(30)33-15(3)4/h5-9,14-15,17-19,27H,10-13H2,1-4H3,(H,24,28)(H,25,31)/t17-,18?,19?/m0/s1. The van der Waals surface area contributed by atoms with Gasteiger partial charge in [-0.3, -0.25) is 9.59 Å². The third-order valence-electron chi connectivity index (χ3n) is 4.98. The number of hydrogen-bond donors (Lipinski definition) is 3. The fourth-order valence-electron chi connectivity index (χ4n) is 3.17. The molecule has 10 nitrogen and oxygen atoms in total. The van der Waals surface area contributed by atoms with E-state index in [1.807, 2.05) is 30.3 Å². The summed E-state index contributed by atoms with van der Waals surface area (Å²) < 4.78 is 10.1. The molecule has 0 bridgehead atoms. The number of carbonyl (C=O) groups excluding carboxylic acids is 4. The van der Waals surface area contributed by atoms with E-state index in [4.69, 9.17) is 9.47 Å². The monoisotopic (exact) mass is 495 g/mol. The summed E-state index contributed by atoms with van der Waals surface area (Å²) in [6, 6.07) is 7.48. The third-order valence-corrected chi connectivity index (χ3v) is 5.99. The van der Waals surface area contributed by atoms with Crippen LogP contribution in [-0.4, -0.2) is 76.3 Å². The van der Waals surface area contributed by atoms with Crippen LogP contribution in [0, 0.1) is 5.92 Å². The molecule has 2 unspecified atom stereocenters. The number of aliphatic hydroxyl groups excluding tert-OH is 1. The van der Waals surface area contributed by atoms with Gasteiger partial charge in [-0.05, 0) is 25.3 Å². The maximum Gasteiger partial charge on any atom is 0.408 e. The molecule has 0 aromatic heterocycles. The Kier molecular flexibility index (Phi) is 10.6. The maximum atomic E-state index is 13.2. The number of alkyl carbamates (subject to hydrolysis) is 1. The Hall–Kier alpha value is -2.79. The van der Waals surface area contributed by atoms with Crippen molar-refractivity contribution >= 4 is 35.6 Å². The second-order valence-corrected chi connectivity index (χ2v) is 9.50. The van der Waals surface area contributed by atoms with Crippen LogP contribution >= 0.6 is 11.8 Å². The highest BCUT2D eigenvalue weighted by atomic mass is 32.2. The van der Waals surface area contributed by atoms with Crippen LogP contribution in [0.25, 0.3) is 0 Å². The van der Waals surface area contributed by atoms with Gasteiger partial charge in [0.2, 0.25) is 11.8 Å². The summed E-state index contributed by atoms with van der Waals surface area (Å²) in [5.74, 6) is -1.35. The lowest BCUT2D eigenvalue weighted by Crippen LogP contribution is -2.56. The molecule has 2 rings (SSSR count). The van der Waals surface area contributed by atoms with Crippen molar-refractivity contribution in [3.63, 3.8) is 0 Å². The van der Waals surface area contributed by atoms with Crippen LogP contribution in [0.3, 0.4) is 0 Å². The topological polar surface area (TPSA) is 134 Å². The minimum Gasteiger partial charge on any atom is -0.461 e. The van der Waals surface area contributed by atoms with Gasteiger partial charge in [0.25, 0.3) is 0 Å². The zero-order valence-corrected chi connectivity index (χ0v) is 20.7. The predicted molar refractivity (Wildman–Crippen MR) is 127 cm³/mol. The average molecular weight is 496 g/mol. The van der Waals surface area contributed by atoms with E-state index in [0.29, 0.717) is 5.75 Å². The maximum absolute atomic E-state index is 13.2. The zero-order chi connectivity index (χ0) is 25.3. The minimum absolute atomic E-state index is 0.0673. The molecule has 1 heterocycles. The molecule has 0 aliphatic carbocycles. The van der Waals surface area contributed by atoms with Crippen molar-refractivity contribution in [2.24, 2.45) is 5.92 Å². The van der Waals surface area contributed by atoms with Gasteiger partial charge in [0.05, 0.1) is 18.5 Å². The van der Waals surface area contributed by atoms with E-state index in [9.17, 15) is 24.3 Å². The molecule has 1 aliphatic rings. The number of ether oxygens (including phenoxy) is 2. The highest BCUT2D eigenvalue weighted by molar-refractivity contribution is 7.99. The molecule has 1 fully saturated rings. The third kappa shape index (κ3) is 8.21. The molecule has 188 valence electrons. The van der Waals surface area contributed by atoms with E-state index in [0.717, 1.165) is 5.56 Å². The number of nitrogens with one attached hydrogen (secondary N) is 2. The molecule has 3 atom stereocenters. The first kappa shape index (κ1) is 27.5. The summed E-state index contributed by atoms with van der Waals surface area (Å²) in [6.07, 6.45) is -2.62. The van der Waals surface area contributed by atoms with Gasteiger partial charge in [-0.25, -0.2) is 9.59 Å². The van der Waals surface area contributed by atoms with Gasteiger partial charge in [0.1, 0.15) is 18.7 Å². The largest absolute Gasteiger partial charge is 0.461 e. The van der Waals surface area contributed by atoms with Crippen molar-refractivity contribution in [2.45, 2.75) is 58.6 Å². The first-order valence-corrected chi connectivity index (χ1v) is 12.3. The van der Waals surface area contributed by atoms with Crippen LogP contribution in [0.5, 0.6) is 0 Å². The van der Waals surface area contributed by atoms with Crippen LogP contribution < -0.4 is 10.6 Å². The number of esters is 1. The quantitative estimate of drug-likeness (QED) is 0.413.